The first-order chi connectivity index (χ1) is 5.33. The Morgan fingerprint density at radius 2 is 1.67 bits per heavy atom. The summed E-state index contributed by atoms with van der Waals surface area (Å²) in [6.07, 6.45) is 1.39. The molecule has 5 nitrogen and oxygen atoms in total. The lowest BCUT2D eigenvalue weighted by molar-refractivity contribution is 0.179. The largest absolute Gasteiger partial charge is 0.378 e. The van der Waals surface area contributed by atoms with Crippen molar-refractivity contribution in [3.05, 3.63) is 0 Å². The van der Waals surface area contributed by atoms with Gasteiger partial charge < -0.3 is 5.11 Å². The molecular formula is C6H17NO4S. The molecule has 0 fully saturated rings. The third-order valence-corrected chi connectivity index (χ3v) is 1.46. The number of hydrogen-bond donors (Lipinski definition) is 3. The zero-order chi connectivity index (χ0) is 10.2. The van der Waals surface area contributed by atoms with Crippen molar-refractivity contribution in [1.29, 1.82) is 0 Å². The van der Waals surface area contributed by atoms with Gasteiger partial charge in [-0.05, 0) is 6.92 Å². The Hall–Kier alpha value is -0.170. The molecule has 1 atom stereocenters. The van der Waals surface area contributed by atoms with Gasteiger partial charge in [-0.1, -0.05) is 26.7 Å². The fourth-order valence-corrected chi connectivity index (χ4v) is 0.647. The highest BCUT2D eigenvalue weighted by atomic mass is 32.2. The molecule has 0 aliphatic heterocycles. The van der Waals surface area contributed by atoms with E-state index >= 15 is 0 Å². The lowest BCUT2D eigenvalue weighted by atomic mass is 10.4. The van der Waals surface area contributed by atoms with Crippen LogP contribution in [0.3, 0.4) is 0 Å². The number of rotatable bonds is 3. The van der Waals surface area contributed by atoms with Crippen LogP contribution >= 0.6 is 0 Å². The van der Waals surface area contributed by atoms with E-state index in [0.29, 0.717) is 0 Å². The molecule has 0 bridgehead atoms. The Kier molecular flexibility index (Phi) is 8.95. The second-order valence-electron chi connectivity index (χ2n) is 2.27. The predicted molar refractivity (Wildman–Crippen MR) is 46.9 cm³/mol. The fraction of sp³-hybridized carbons (Fsp3) is 1.00. The normalized spacial score (nSPS) is 13.1. The van der Waals surface area contributed by atoms with E-state index in [1.54, 1.807) is 0 Å². The van der Waals surface area contributed by atoms with Crippen molar-refractivity contribution in [2.24, 2.45) is 0 Å². The SMILES string of the molecule is CC(O)NS(=O)(=O)O.CCCC. The first kappa shape index (κ1) is 14.4. The van der Waals surface area contributed by atoms with Gasteiger partial charge in [-0.2, -0.15) is 13.1 Å². The smallest absolute Gasteiger partial charge is 0.335 e. The van der Waals surface area contributed by atoms with Gasteiger partial charge in [0.2, 0.25) is 0 Å². The summed E-state index contributed by atoms with van der Waals surface area (Å²) in [4.78, 5) is 0. The molecule has 1 unspecified atom stereocenters. The van der Waals surface area contributed by atoms with Crippen LogP contribution < -0.4 is 4.72 Å². The Morgan fingerprint density at radius 1 is 1.33 bits per heavy atom. The van der Waals surface area contributed by atoms with Gasteiger partial charge in [0.1, 0.15) is 6.23 Å². The summed E-state index contributed by atoms with van der Waals surface area (Å²) in [6, 6.07) is 0. The molecule has 0 aromatic rings. The molecule has 0 heterocycles. The van der Waals surface area contributed by atoms with Gasteiger partial charge in [-0.25, -0.2) is 0 Å². The Morgan fingerprint density at radius 3 is 1.67 bits per heavy atom. The predicted octanol–water partition coefficient (Wildman–Crippen LogP) is 0.523. The summed E-state index contributed by atoms with van der Waals surface area (Å²) in [6.45, 7) is 5.54. The molecule has 6 heteroatoms. The lowest BCUT2D eigenvalue weighted by Crippen LogP contribution is -2.31. The summed E-state index contributed by atoms with van der Waals surface area (Å²) >= 11 is 0. The molecule has 0 aromatic heterocycles. The van der Waals surface area contributed by atoms with E-state index in [2.05, 4.69) is 13.8 Å². The van der Waals surface area contributed by atoms with E-state index in [1.807, 2.05) is 0 Å². The summed E-state index contributed by atoms with van der Waals surface area (Å²) in [5.41, 5.74) is 0. The Balaban J connectivity index is 0. The molecule has 0 saturated heterocycles. The maximum Gasteiger partial charge on any atom is 0.335 e. The van der Waals surface area contributed by atoms with Gasteiger partial charge in [-0.3, -0.25) is 4.55 Å². The standard InChI is InChI=1S/C4H10.C2H7NO4S/c1-3-4-2;1-2(4)3-8(5,6)7/h3-4H2,1-2H3;2-4H,1H3,(H,5,6,7). The minimum Gasteiger partial charge on any atom is -0.378 e. The van der Waals surface area contributed by atoms with Gasteiger partial charge in [-0.15, -0.1) is 0 Å². The highest BCUT2D eigenvalue weighted by Gasteiger charge is 2.04. The van der Waals surface area contributed by atoms with E-state index in [-0.39, 0.29) is 0 Å². The van der Waals surface area contributed by atoms with Crippen LogP contribution in [0.2, 0.25) is 0 Å². The van der Waals surface area contributed by atoms with Crippen molar-refractivity contribution >= 4 is 10.3 Å². The van der Waals surface area contributed by atoms with Crippen molar-refractivity contribution in [2.45, 2.75) is 39.8 Å². The second kappa shape index (κ2) is 7.48. The quantitative estimate of drug-likeness (QED) is 0.457. The zero-order valence-corrected chi connectivity index (χ0v) is 8.43. The first-order valence-corrected chi connectivity index (χ1v) is 5.20. The van der Waals surface area contributed by atoms with E-state index in [0.717, 1.165) is 0 Å². The summed E-state index contributed by atoms with van der Waals surface area (Å²) in [5, 5.41) is 8.24. The van der Waals surface area contributed by atoms with Crippen LogP contribution in [0.4, 0.5) is 0 Å². The molecule has 0 spiro atoms. The third kappa shape index (κ3) is 22.5. The van der Waals surface area contributed by atoms with Crippen LogP contribution in [-0.4, -0.2) is 24.3 Å². The minimum atomic E-state index is -4.22. The maximum atomic E-state index is 9.73. The van der Waals surface area contributed by atoms with Gasteiger partial charge in [0, 0.05) is 0 Å². The lowest BCUT2D eigenvalue weighted by Gasteiger charge is -2.00. The molecule has 12 heavy (non-hydrogen) atoms. The minimum absolute atomic E-state index is 1.17. The summed E-state index contributed by atoms with van der Waals surface area (Å²) in [5.74, 6) is 0. The third-order valence-electron chi connectivity index (χ3n) is 0.819. The zero-order valence-electron chi connectivity index (χ0n) is 7.61. The molecule has 0 aliphatic carbocycles. The van der Waals surface area contributed by atoms with Crippen molar-refractivity contribution < 1.29 is 18.1 Å². The highest BCUT2D eigenvalue weighted by molar-refractivity contribution is 7.83. The molecule has 0 aliphatic rings. The maximum absolute atomic E-state index is 9.73. The Bertz CT molecular complexity index is 174. The fourth-order valence-electron chi connectivity index (χ4n) is 0.216. The van der Waals surface area contributed by atoms with Gasteiger partial charge in [0.05, 0.1) is 0 Å². The molecule has 0 amide bonds. The first-order valence-electron chi connectivity index (χ1n) is 3.76. The van der Waals surface area contributed by atoms with E-state index in [1.165, 1.54) is 24.5 Å². The van der Waals surface area contributed by atoms with Crippen LogP contribution in [0, 0.1) is 0 Å². The van der Waals surface area contributed by atoms with Crippen LogP contribution in [0.1, 0.15) is 33.6 Å². The summed E-state index contributed by atoms with van der Waals surface area (Å²) < 4.78 is 28.8. The number of unbranched alkanes of at least 4 members (excludes halogenated alkanes) is 1. The summed E-state index contributed by atoms with van der Waals surface area (Å²) in [7, 11) is -4.22. The van der Waals surface area contributed by atoms with Gasteiger partial charge >= 0.3 is 10.3 Å². The molecule has 0 saturated carbocycles. The number of hydrogen-bond acceptors (Lipinski definition) is 3. The van der Waals surface area contributed by atoms with Gasteiger partial charge in [0.25, 0.3) is 0 Å². The average Bonchev–Trinajstić information content (AvgIpc) is 1.83. The average molecular weight is 199 g/mol. The topological polar surface area (TPSA) is 86.6 Å². The molecule has 3 N–H and O–H groups in total. The molecule has 0 rings (SSSR count). The second-order valence-corrected chi connectivity index (χ2v) is 3.45. The van der Waals surface area contributed by atoms with Crippen LogP contribution in [0.15, 0.2) is 0 Å². The van der Waals surface area contributed by atoms with Crippen molar-refractivity contribution in [1.82, 2.24) is 4.72 Å². The van der Waals surface area contributed by atoms with Crippen LogP contribution in [0.25, 0.3) is 0 Å². The van der Waals surface area contributed by atoms with E-state index in [9.17, 15) is 8.42 Å². The number of aliphatic hydroxyl groups is 1. The molecule has 76 valence electrons. The molecular weight excluding hydrogens is 182 g/mol. The molecule has 0 aromatic carbocycles. The Labute approximate surface area is 73.7 Å². The monoisotopic (exact) mass is 199 g/mol. The highest BCUT2D eigenvalue weighted by Crippen LogP contribution is 1.77. The number of aliphatic hydroxyl groups excluding tert-OH is 1. The van der Waals surface area contributed by atoms with Gasteiger partial charge in [0.15, 0.2) is 0 Å². The van der Waals surface area contributed by atoms with Crippen molar-refractivity contribution in [3.63, 3.8) is 0 Å². The number of nitrogens with one attached hydrogen (secondary N) is 1. The van der Waals surface area contributed by atoms with Crippen LogP contribution in [0.5, 0.6) is 0 Å². The van der Waals surface area contributed by atoms with E-state index in [4.69, 9.17) is 9.66 Å². The van der Waals surface area contributed by atoms with Crippen LogP contribution in [-0.2, 0) is 10.3 Å². The molecule has 0 radical (unpaired) electrons. The van der Waals surface area contributed by atoms with Crippen molar-refractivity contribution in [3.8, 4) is 0 Å². The van der Waals surface area contributed by atoms with E-state index < -0.39 is 16.5 Å². The van der Waals surface area contributed by atoms with Crippen molar-refractivity contribution in [2.75, 3.05) is 0 Å².